The Balaban J connectivity index is 1.28. The Labute approximate surface area is 192 Å². The lowest BCUT2D eigenvalue weighted by atomic mass is 10.0. The first-order chi connectivity index (χ1) is 15.8. The third-order valence-corrected chi connectivity index (χ3v) is 7.31. The lowest BCUT2D eigenvalue weighted by molar-refractivity contribution is -0.143. The summed E-state index contributed by atoms with van der Waals surface area (Å²) in [5.74, 6) is -1.17. The monoisotopic (exact) mass is 480 g/mol. The fraction of sp³-hybridized carbons (Fsp3) is 0.571. The van der Waals surface area contributed by atoms with Gasteiger partial charge in [0, 0.05) is 25.7 Å². The van der Waals surface area contributed by atoms with Crippen LogP contribution in [0, 0.1) is 0 Å². The van der Waals surface area contributed by atoms with Crippen LogP contribution in [0.25, 0.3) is 0 Å². The molecule has 3 heterocycles. The number of carbonyl (C=O) groups is 3. The molecule has 0 radical (unpaired) electrons. The van der Waals surface area contributed by atoms with Crippen LogP contribution in [0.2, 0.25) is 0 Å². The fourth-order valence-electron chi connectivity index (χ4n) is 4.73. The number of amides is 3. The normalized spacial score (nSPS) is 26.5. The number of hydrogen-bond acceptors (Lipinski definition) is 7. The molecule has 0 saturated carbocycles. The van der Waals surface area contributed by atoms with Crippen molar-refractivity contribution in [1.82, 2.24) is 19.6 Å². The van der Waals surface area contributed by atoms with Crippen molar-refractivity contribution in [1.29, 1.82) is 0 Å². The molecule has 33 heavy (non-hydrogen) atoms. The van der Waals surface area contributed by atoms with Gasteiger partial charge in [0.1, 0.15) is 6.04 Å². The Morgan fingerprint density at radius 2 is 1.70 bits per heavy atom. The van der Waals surface area contributed by atoms with E-state index in [4.69, 9.17) is 4.84 Å². The highest BCUT2D eigenvalue weighted by Crippen LogP contribution is 2.35. The van der Waals surface area contributed by atoms with Crippen LogP contribution < -0.4 is 5.32 Å². The molecule has 1 aromatic rings. The smallest absolute Gasteiger partial charge is 0.362 e. The first-order valence-corrected chi connectivity index (χ1v) is 12.6. The van der Waals surface area contributed by atoms with Gasteiger partial charge in [-0.15, -0.1) is 5.06 Å². The number of nitrogens with zero attached hydrogens (tertiary/aromatic N) is 3. The third kappa shape index (κ3) is 5.12. The minimum absolute atomic E-state index is 0.103. The molecule has 0 spiro atoms. The van der Waals surface area contributed by atoms with Crippen molar-refractivity contribution < 1.29 is 32.2 Å². The second kappa shape index (κ2) is 9.65. The van der Waals surface area contributed by atoms with Crippen LogP contribution in [0.5, 0.6) is 0 Å². The van der Waals surface area contributed by atoms with E-state index in [1.165, 1.54) is 4.90 Å². The first kappa shape index (κ1) is 23.5. The molecule has 1 unspecified atom stereocenters. The second-order valence-corrected chi connectivity index (χ2v) is 9.85. The molecule has 4 rings (SSSR count). The van der Waals surface area contributed by atoms with E-state index in [1.807, 2.05) is 6.07 Å². The van der Waals surface area contributed by atoms with Crippen LogP contribution in [0.4, 0.5) is 4.79 Å². The van der Waals surface area contributed by atoms with E-state index in [-0.39, 0.29) is 12.6 Å². The first-order valence-electron chi connectivity index (χ1n) is 11.2. The molecule has 3 aliphatic heterocycles. The molecule has 3 amide bonds. The molecule has 12 heteroatoms. The maximum absolute atomic E-state index is 12.8. The lowest BCUT2D eigenvalue weighted by Gasteiger charge is -2.42. The van der Waals surface area contributed by atoms with Crippen LogP contribution in [0.3, 0.4) is 0 Å². The van der Waals surface area contributed by atoms with Crippen molar-refractivity contribution in [3.63, 3.8) is 0 Å². The minimum atomic E-state index is -4.61. The van der Waals surface area contributed by atoms with Gasteiger partial charge in [-0.25, -0.2) is 13.9 Å². The highest BCUT2D eigenvalue weighted by atomic mass is 32.2. The van der Waals surface area contributed by atoms with E-state index in [0.29, 0.717) is 42.2 Å². The quantitative estimate of drug-likeness (QED) is 0.484. The van der Waals surface area contributed by atoms with Gasteiger partial charge in [0.25, 0.3) is 5.91 Å². The van der Waals surface area contributed by atoms with Gasteiger partial charge >= 0.3 is 22.3 Å². The van der Waals surface area contributed by atoms with E-state index in [1.54, 1.807) is 29.3 Å². The molecule has 3 atom stereocenters. The molecule has 11 nitrogen and oxygen atoms in total. The topological polar surface area (TPSA) is 137 Å². The lowest BCUT2D eigenvalue weighted by Crippen LogP contribution is -2.69. The summed E-state index contributed by atoms with van der Waals surface area (Å²) in [6, 6.07) is 6.74. The summed E-state index contributed by atoms with van der Waals surface area (Å²) in [4.78, 5) is 44.2. The van der Waals surface area contributed by atoms with Crippen molar-refractivity contribution >= 4 is 28.2 Å². The number of urea groups is 1. The zero-order valence-corrected chi connectivity index (χ0v) is 18.9. The maximum atomic E-state index is 12.8. The van der Waals surface area contributed by atoms with E-state index < -0.39 is 40.3 Å². The SMILES string of the molecule is O=C(ON1CCCCC(NC(=O)N2CC[C@@H]3[C@H]2C(=O)N3S(=O)(=O)O)CCC1)c1ccccc1. The largest absolute Gasteiger partial charge is 0.364 e. The summed E-state index contributed by atoms with van der Waals surface area (Å²) in [6.45, 7) is 1.39. The van der Waals surface area contributed by atoms with Crippen molar-refractivity contribution in [3.05, 3.63) is 35.9 Å². The third-order valence-electron chi connectivity index (χ3n) is 6.37. The van der Waals surface area contributed by atoms with E-state index in [2.05, 4.69) is 5.32 Å². The highest BCUT2D eigenvalue weighted by molar-refractivity contribution is 7.84. The molecule has 0 bridgehead atoms. The molecule has 1 aromatic carbocycles. The number of fused-ring (bicyclic) bond motifs is 1. The maximum Gasteiger partial charge on any atom is 0.362 e. The molecule has 2 N–H and O–H groups in total. The van der Waals surface area contributed by atoms with E-state index in [0.717, 1.165) is 19.3 Å². The number of β-lactam (4-membered cyclic amide) rings is 1. The van der Waals surface area contributed by atoms with E-state index in [9.17, 15) is 27.4 Å². The number of hydrogen-bond donors (Lipinski definition) is 2. The molecule has 180 valence electrons. The van der Waals surface area contributed by atoms with Gasteiger partial charge in [-0.2, -0.15) is 8.42 Å². The summed E-state index contributed by atoms with van der Waals surface area (Å²) in [5.41, 5.74) is 0.490. The van der Waals surface area contributed by atoms with Crippen molar-refractivity contribution in [2.75, 3.05) is 19.6 Å². The molecule has 3 aliphatic rings. The molecule has 0 aliphatic carbocycles. The fourth-order valence-corrected chi connectivity index (χ4v) is 5.63. The van der Waals surface area contributed by atoms with Crippen molar-refractivity contribution in [2.45, 2.75) is 56.7 Å². The Morgan fingerprint density at radius 1 is 1.00 bits per heavy atom. The number of benzene rings is 1. The van der Waals surface area contributed by atoms with Gasteiger partial charge < -0.3 is 15.1 Å². The molecular formula is C21H28N4O7S. The molecule has 3 fully saturated rings. The van der Waals surface area contributed by atoms with Gasteiger partial charge in [-0.1, -0.05) is 24.6 Å². The van der Waals surface area contributed by atoms with Crippen LogP contribution in [0.15, 0.2) is 30.3 Å². The molecule has 3 saturated heterocycles. The standard InChI is InChI=1S/C21H28N4O7S/c26-19-18-17(25(19)33(29,30)31)11-14-24(18)21(28)22-16-9-4-5-12-23(13-6-10-16)32-20(27)15-7-2-1-3-8-15/h1-3,7-8,16-18H,4-6,9-14H2,(H,22,28)(H,29,30,31)/t16?,17-,18+/m1/s1. The molecular weight excluding hydrogens is 452 g/mol. The average molecular weight is 481 g/mol. The second-order valence-electron chi connectivity index (χ2n) is 8.56. The number of rotatable bonds is 4. The summed E-state index contributed by atoms with van der Waals surface area (Å²) in [5, 5.41) is 4.64. The zero-order chi connectivity index (χ0) is 23.6. The molecule has 0 aromatic heterocycles. The Morgan fingerprint density at radius 3 is 2.42 bits per heavy atom. The number of likely N-dealkylation sites (tertiary alicyclic amines) is 1. The number of nitrogens with one attached hydrogen (secondary N) is 1. The summed E-state index contributed by atoms with van der Waals surface area (Å²) in [6.07, 6.45) is 4.05. The summed E-state index contributed by atoms with van der Waals surface area (Å²) in [7, 11) is -4.61. The van der Waals surface area contributed by atoms with Crippen molar-refractivity contribution in [2.24, 2.45) is 0 Å². The Bertz CT molecular complexity index is 1000. The Hall–Kier alpha value is -2.70. The van der Waals surface area contributed by atoms with Crippen molar-refractivity contribution in [3.8, 4) is 0 Å². The van der Waals surface area contributed by atoms with Gasteiger partial charge in [0.05, 0.1) is 11.6 Å². The van der Waals surface area contributed by atoms with Gasteiger partial charge in [-0.3, -0.25) is 9.35 Å². The van der Waals surface area contributed by atoms with Crippen LogP contribution in [-0.2, 0) is 19.9 Å². The van der Waals surface area contributed by atoms with Gasteiger partial charge in [-0.05, 0) is 44.2 Å². The van der Waals surface area contributed by atoms with Crippen LogP contribution >= 0.6 is 0 Å². The predicted octanol–water partition coefficient (Wildman–Crippen LogP) is 1.19. The van der Waals surface area contributed by atoms with Gasteiger partial charge in [0.15, 0.2) is 0 Å². The average Bonchev–Trinajstić information content (AvgIpc) is 3.18. The number of carbonyl (C=O) groups excluding carboxylic acids is 3. The number of hydroxylamine groups is 2. The minimum Gasteiger partial charge on any atom is -0.364 e. The van der Waals surface area contributed by atoms with Crippen LogP contribution in [0.1, 0.15) is 48.9 Å². The van der Waals surface area contributed by atoms with E-state index >= 15 is 0 Å². The Kier molecular flexibility index (Phi) is 6.86. The van der Waals surface area contributed by atoms with Crippen LogP contribution in [-0.4, -0.2) is 82.9 Å². The zero-order valence-electron chi connectivity index (χ0n) is 18.1. The highest BCUT2D eigenvalue weighted by Gasteiger charge is 2.60. The summed E-state index contributed by atoms with van der Waals surface area (Å²) >= 11 is 0. The van der Waals surface area contributed by atoms with Gasteiger partial charge in [0.2, 0.25) is 0 Å². The summed E-state index contributed by atoms with van der Waals surface area (Å²) < 4.78 is 32.3. The predicted molar refractivity (Wildman–Crippen MR) is 116 cm³/mol.